The molecule has 1 saturated heterocycles. The van der Waals surface area contributed by atoms with Crippen LogP contribution in [0.25, 0.3) is 11.1 Å². The first-order chi connectivity index (χ1) is 14.9. The van der Waals surface area contributed by atoms with E-state index in [2.05, 4.69) is 5.32 Å². The smallest absolute Gasteiger partial charge is 0.407 e. The van der Waals surface area contributed by atoms with E-state index in [1.165, 1.54) is 6.92 Å². The Kier molecular flexibility index (Phi) is 5.65. The van der Waals surface area contributed by atoms with Gasteiger partial charge in [-0.25, -0.2) is 9.59 Å². The number of carbonyl (C=O) groups is 3. The SMILES string of the molecule is C[C@@H](NC(=O)OCC1c2ccccc2-c2ccccc21)C(=O)N1CC(O)CC1C(=O)O. The zero-order valence-electron chi connectivity index (χ0n) is 17.0. The third-order valence-electron chi connectivity index (χ3n) is 5.90. The van der Waals surface area contributed by atoms with Gasteiger partial charge in [0.05, 0.1) is 6.10 Å². The summed E-state index contributed by atoms with van der Waals surface area (Å²) in [5.41, 5.74) is 4.39. The van der Waals surface area contributed by atoms with Gasteiger partial charge >= 0.3 is 12.1 Å². The molecule has 2 amide bonds. The van der Waals surface area contributed by atoms with E-state index in [0.29, 0.717) is 0 Å². The van der Waals surface area contributed by atoms with Crippen molar-refractivity contribution in [2.75, 3.05) is 13.2 Å². The average molecular weight is 424 g/mol. The van der Waals surface area contributed by atoms with Crippen LogP contribution in [0.2, 0.25) is 0 Å². The monoisotopic (exact) mass is 424 g/mol. The number of alkyl carbamates (subject to hydrolysis) is 1. The normalized spacial score (nSPS) is 20.6. The van der Waals surface area contributed by atoms with Crippen LogP contribution < -0.4 is 5.32 Å². The highest BCUT2D eigenvalue weighted by Crippen LogP contribution is 2.44. The number of carboxylic acid groups (broad SMARTS) is 1. The molecule has 1 heterocycles. The maximum absolute atomic E-state index is 12.6. The molecule has 0 spiro atoms. The maximum atomic E-state index is 12.6. The van der Waals surface area contributed by atoms with Crippen molar-refractivity contribution in [3.05, 3.63) is 59.7 Å². The molecule has 1 aliphatic carbocycles. The number of hydrogen-bond donors (Lipinski definition) is 3. The van der Waals surface area contributed by atoms with E-state index in [9.17, 15) is 24.6 Å². The molecule has 3 atom stereocenters. The number of fused-ring (bicyclic) bond motifs is 3. The lowest BCUT2D eigenvalue weighted by molar-refractivity contribution is -0.148. The summed E-state index contributed by atoms with van der Waals surface area (Å²) in [4.78, 5) is 37.4. The fourth-order valence-corrected chi connectivity index (χ4v) is 4.42. The van der Waals surface area contributed by atoms with Crippen LogP contribution >= 0.6 is 0 Å². The van der Waals surface area contributed by atoms with Crippen LogP contribution in [0.4, 0.5) is 4.79 Å². The van der Waals surface area contributed by atoms with Gasteiger partial charge in [-0.05, 0) is 29.2 Å². The number of hydrogen-bond acceptors (Lipinski definition) is 5. The van der Waals surface area contributed by atoms with Crippen molar-refractivity contribution in [3.8, 4) is 11.1 Å². The number of benzene rings is 2. The molecule has 2 aliphatic rings. The second-order valence-corrected chi connectivity index (χ2v) is 7.93. The van der Waals surface area contributed by atoms with Crippen molar-refractivity contribution in [2.24, 2.45) is 0 Å². The molecule has 0 radical (unpaired) electrons. The molecular weight excluding hydrogens is 400 g/mol. The highest BCUT2D eigenvalue weighted by molar-refractivity contribution is 5.89. The predicted octanol–water partition coefficient (Wildman–Crippen LogP) is 1.96. The summed E-state index contributed by atoms with van der Waals surface area (Å²) in [7, 11) is 0. The van der Waals surface area contributed by atoms with Gasteiger partial charge in [-0.1, -0.05) is 48.5 Å². The average Bonchev–Trinajstić information content (AvgIpc) is 3.30. The highest BCUT2D eigenvalue weighted by atomic mass is 16.5. The van der Waals surface area contributed by atoms with Crippen LogP contribution in [-0.2, 0) is 14.3 Å². The molecule has 0 saturated carbocycles. The molecule has 0 aromatic heterocycles. The molecule has 8 heteroatoms. The number of aliphatic hydroxyl groups excluding tert-OH is 1. The second kappa shape index (κ2) is 8.39. The van der Waals surface area contributed by atoms with E-state index in [1.807, 2.05) is 48.5 Å². The number of carbonyl (C=O) groups excluding carboxylic acids is 2. The van der Waals surface area contributed by atoms with Crippen LogP contribution in [0.1, 0.15) is 30.4 Å². The van der Waals surface area contributed by atoms with Crippen LogP contribution in [-0.4, -0.2) is 64.4 Å². The molecule has 162 valence electrons. The summed E-state index contributed by atoms with van der Waals surface area (Å²) in [6.07, 6.45) is -1.68. The predicted molar refractivity (Wildman–Crippen MR) is 111 cm³/mol. The van der Waals surface area contributed by atoms with Crippen molar-refractivity contribution in [1.29, 1.82) is 0 Å². The third-order valence-corrected chi connectivity index (χ3v) is 5.90. The lowest BCUT2D eigenvalue weighted by Gasteiger charge is -2.25. The van der Waals surface area contributed by atoms with Gasteiger partial charge in [0.1, 0.15) is 18.7 Å². The number of nitrogens with zero attached hydrogens (tertiary/aromatic N) is 1. The minimum absolute atomic E-state index is 0.0290. The van der Waals surface area contributed by atoms with Gasteiger partial charge in [-0.15, -0.1) is 0 Å². The number of amides is 2. The van der Waals surface area contributed by atoms with Crippen molar-refractivity contribution >= 4 is 18.0 Å². The molecule has 1 fully saturated rings. The zero-order chi connectivity index (χ0) is 22.1. The topological polar surface area (TPSA) is 116 Å². The van der Waals surface area contributed by atoms with Crippen molar-refractivity contribution in [2.45, 2.75) is 37.5 Å². The van der Waals surface area contributed by atoms with Gasteiger partial charge in [-0.3, -0.25) is 4.79 Å². The first-order valence-corrected chi connectivity index (χ1v) is 10.2. The Morgan fingerprint density at radius 1 is 1.10 bits per heavy atom. The largest absolute Gasteiger partial charge is 0.480 e. The van der Waals surface area contributed by atoms with E-state index in [4.69, 9.17) is 4.74 Å². The van der Waals surface area contributed by atoms with Gasteiger partial charge in [0.2, 0.25) is 5.91 Å². The number of rotatable bonds is 5. The van der Waals surface area contributed by atoms with Gasteiger partial charge in [-0.2, -0.15) is 0 Å². The lowest BCUT2D eigenvalue weighted by Crippen LogP contribution is -2.50. The molecule has 1 aliphatic heterocycles. The summed E-state index contributed by atoms with van der Waals surface area (Å²) >= 11 is 0. The van der Waals surface area contributed by atoms with Crippen molar-refractivity contribution < 1.29 is 29.3 Å². The van der Waals surface area contributed by atoms with E-state index in [1.54, 1.807) is 0 Å². The summed E-state index contributed by atoms with van der Waals surface area (Å²) in [5, 5.41) is 21.5. The summed E-state index contributed by atoms with van der Waals surface area (Å²) < 4.78 is 5.43. The van der Waals surface area contributed by atoms with Crippen LogP contribution in [0.5, 0.6) is 0 Å². The van der Waals surface area contributed by atoms with Gasteiger partial charge in [0.25, 0.3) is 0 Å². The molecule has 3 N–H and O–H groups in total. The van der Waals surface area contributed by atoms with Crippen molar-refractivity contribution in [3.63, 3.8) is 0 Å². The van der Waals surface area contributed by atoms with Gasteiger partial charge in [0, 0.05) is 18.9 Å². The zero-order valence-corrected chi connectivity index (χ0v) is 17.0. The molecule has 2 aromatic rings. The fraction of sp³-hybridized carbons (Fsp3) is 0.348. The Hall–Kier alpha value is -3.39. The number of likely N-dealkylation sites (tertiary alicyclic amines) is 1. The third kappa shape index (κ3) is 3.98. The van der Waals surface area contributed by atoms with E-state index in [-0.39, 0.29) is 25.5 Å². The Balaban J connectivity index is 1.39. The van der Waals surface area contributed by atoms with Gasteiger partial charge < -0.3 is 25.2 Å². The standard InChI is InChI=1S/C23H24N2O6/c1-13(21(27)25-11-14(26)10-20(25)22(28)29)24-23(30)31-12-19-17-8-4-2-6-15(17)16-7-3-5-9-18(16)19/h2-9,13-14,19-20,26H,10-12H2,1H3,(H,24,30)(H,28,29)/t13-,14?,20?/m1/s1. The Morgan fingerprint density at radius 2 is 1.68 bits per heavy atom. The molecule has 2 unspecified atom stereocenters. The number of carboxylic acids is 1. The molecular formula is C23H24N2O6. The molecule has 0 bridgehead atoms. The first-order valence-electron chi connectivity index (χ1n) is 10.2. The lowest BCUT2D eigenvalue weighted by atomic mass is 9.98. The summed E-state index contributed by atoms with van der Waals surface area (Å²) in [5.74, 6) is -1.86. The van der Waals surface area contributed by atoms with Crippen LogP contribution in [0, 0.1) is 0 Å². The van der Waals surface area contributed by atoms with Crippen LogP contribution in [0.15, 0.2) is 48.5 Å². The van der Waals surface area contributed by atoms with E-state index < -0.39 is 36.2 Å². The van der Waals surface area contributed by atoms with Gasteiger partial charge in [0.15, 0.2) is 0 Å². The highest BCUT2D eigenvalue weighted by Gasteiger charge is 2.40. The van der Waals surface area contributed by atoms with Crippen LogP contribution in [0.3, 0.4) is 0 Å². The molecule has 8 nitrogen and oxygen atoms in total. The number of nitrogens with one attached hydrogen (secondary N) is 1. The number of ether oxygens (including phenoxy) is 1. The Morgan fingerprint density at radius 3 is 2.26 bits per heavy atom. The number of aliphatic carboxylic acids is 1. The summed E-state index contributed by atoms with van der Waals surface area (Å²) in [6.45, 7) is 1.50. The van der Waals surface area contributed by atoms with E-state index in [0.717, 1.165) is 27.2 Å². The number of aliphatic hydroxyl groups is 1. The maximum Gasteiger partial charge on any atom is 0.407 e. The number of β-amino-alcohol motifs (C(OH)–C–C–N with tert-alkyl or cyclic N) is 1. The molecule has 2 aromatic carbocycles. The second-order valence-electron chi connectivity index (χ2n) is 7.93. The Labute approximate surface area is 179 Å². The fourth-order valence-electron chi connectivity index (χ4n) is 4.42. The molecule has 31 heavy (non-hydrogen) atoms. The van der Waals surface area contributed by atoms with Crippen molar-refractivity contribution in [1.82, 2.24) is 10.2 Å². The molecule has 4 rings (SSSR count). The van der Waals surface area contributed by atoms with E-state index >= 15 is 0 Å². The minimum atomic E-state index is -1.18. The Bertz CT molecular complexity index is 977. The summed E-state index contributed by atoms with van der Waals surface area (Å²) in [6, 6.07) is 13.9. The first kappa shape index (κ1) is 20.9. The minimum Gasteiger partial charge on any atom is -0.480 e. The quantitative estimate of drug-likeness (QED) is 0.676.